The Morgan fingerprint density at radius 2 is 1.03 bits per heavy atom. The van der Waals surface area contributed by atoms with E-state index in [1.54, 1.807) is 0 Å². The maximum Gasteiger partial charge on any atom is 0.214 e. The van der Waals surface area contributed by atoms with E-state index in [1.807, 2.05) is 0 Å². The molecule has 0 aliphatic rings. The molecule has 0 aliphatic heterocycles. The van der Waals surface area contributed by atoms with Crippen LogP contribution in [-0.2, 0) is 13.1 Å². The van der Waals surface area contributed by atoms with Crippen LogP contribution in [-0.4, -0.2) is 0 Å². The van der Waals surface area contributed by atoms with Gasteiger partial charge in [-0.25, -0.2) is 0 Å². The van der Waals surface area contributed by atoms with Crippen molar-refractivity contribution in [2.75, 3.05) is 11.5 Å². The van der Waals surface area contributed by atoms with Gasteiger partial charge in [-0.2, -0.15) is 9.13 Å². The number of pyridine rings is 2. The number of rotatable bonds is 10. The van der Waals surface area contributed by atoms with Crippen molar-refractivity contribution in [3.8, 4) is 0 Å². The molecular formula is C30H38N4+2. The number of aromatic nitrogens is 2. The Bertz CT molecular complexity index is 1210. The fraction of sp³-hybridized carbons (Fsp3) is 0.333. The van der Waals surface area contributed by atoms with Gasteiger partial charge < -0.3 is 11.5 Å². The van der Waals surface area contributed by atoms with Crippen molar-refractivity contribution in [3.63, 3.8) is 0 Å². The smallest absolute Gasteiger partial charge is 0.214 e. The zero-order valence-corrected chi connectivity index (χ0v) is 20.6. The highest BCUT2D eigenvalue weighted by atomic mass is 15.0. The third-order valence-corrected chi connectivity index (χ3v) is 6.76. The van der Waals surface area contributed by atoms with Crippen molar-refractivity contribution < 1.29 is 9.13 Å². The first-order valence-electron chi connectivity index (χ1n) is 12.6. The van der Waals surface area contributed by atoms with Gasteiger partial charge in [-0.1, -0.05) is 36.4 Å². The predicted octanol–water partition coefficient (Wildman–Crippen LogP) is 5.95. The molecule has 0 spiro atoms. The first kappa shape index (κ1) is 23.7. The van der Waals surface area contributed by atoms with Crippen LogP contribution >= 0.6 is 0 Å². The van der Waals surface area contributed by atoms with E-state index in [9.17, 15) is 0 Å². The molecule has 4 nitrogen and oxygen atoms in total. The fourth-order valence-corrected chi connectivity index (χ4v) is 4.94. The molecular weight excluding hydrogens is 416 g/mol. The third-order valence-electron chi connectivity index (χ3n) is 6.76. The number of nitrogens with two attached hydrogens (primary N) is 2. The molecule has 4 N–H and O–H groups in total. The minimum absolute atomic E-state index is 0.866. The summed E-state index contributed by atoms with van der Waals surface area (Å²) in [5, 5.41) is 2.29. The van der Waals surface area contributed by atoms with Crippen molar-refractivity contribution >= 4 is 33.2 Å². The molecule has 0 bridgehead atoms. The first-order valence-corrected chi connectivity index (χ1v) is 12.6. The van der Waals surface area contributed by atoms with E-state index in [0.717, 1.165) is 48.1 Å². The van der Waals surface area contributed by atoms with E-state index < -0.39 is 0 Å². The first-order chi connectivity index (χ1) is 16.6. The second-order valence-electron chi connectivity index (χ2n) is 9.28. The van der Waals surface area contributed by atoms with Gasteiger partial charge in [0.05, 0.1) is 22.1 Å². The van der Waals surface area contributed by atoms with Gasteiger partial charge in [-0.05, 0) is 37.8 Å². The summed E-state index contributed by atoms with van der Waals surface area (Å²) in [5.74, 6) is 0. The maximum absolute atomic E-state index is 6.21. The van der Waals surface area contributed by atoms with Gasteiger partial charge in [0, 0.05) is 51.0 Å². The molecule has 0 fully saturated rings. The number of hydrogen-bond acceptors (Lipinski definition) is 2. The van der Waals surface area contributed by atoms with Crippen LogP contribution in [0.15, 0.2) is 72.8 Å². The largest absolute Gasteiger partial charge is 0.398 e. The summed E-state index contributed by atoms with van der Waals surface area (Å²) in [5.41, 5.74) is 19.1. The molecule has 0 atom stereocenters. The molecule has 4 rings (SSSR count). The van der Waals surface area contributed by atoms with Crippen molar-refractivity contribution in [1.82, 2.24) is 0 Å². The van der Waals surface area contributed by atoms with Gasteiger partial charge in [-0.3, -0.25) is 0 Å². The highest BCUT2D eigenvalue weighted by molar-refractivity contribution is 5.88. The predicted molar refractivity (Wildman–Crippen MR) is 143 cm³/mol. The Labute approximate surface area is 203 Å². The summed E-state index contributed by atoms with van der Waals surface area (Å²) in [6.45, 7) is 6.37. The quantitative estimate of drug-likeness (QED) is 0.177. The third kappa shape index (κ3) is 5.39. The lowest BCUT2D eigenvalue weighted by atomic mass is 10.1. The van der Waals surface area contributed by atoms with Gasteiger partial charge in [0.25, 0.3) is 0 Å². The molecule has 0 saturated heterocycles. The summed E-state index contributed by atoms with van der Waals surface area (Å²) in [7, 11) is 0. The fourth-order valence-electron chi connectivity index (χ4n) is 4.94. The Balaban J connectivity index is 1.19. The lowest BCUT2D eigenvalue weighted by Gasteiger charge is -2.07. The molecule has 176 valence electrons. The molecule has 2 aromatic carbocycles. The molecule has 0 aliphatic carbocycles. The van der Waals surface area contributed by atoms with Crippen LogP contribution in [0.1, 0.15) is 49.9 Å². The number of unbranched alkanes of at least 4 members (excludes halogenated alkanes) is 4. The van der Waals surface area contributed by atoms with E-state index in [1.165, 1.54) is 48.1 Å². The van der Waals surface area contributed by atoms with Crippen LogP contribution in [0.4, 0.5) is 11.4 Å². The highest BCUT2D eigenvalue weighted by Crippen LogP contribution is 2.20. The number of anilines is 2. The van der Waals surface area contributed by atoms with E-state index in [4.69, 9.17) is 11.5 Å². The van der Waals surface area contributed by atoms with Gasteiger partial charge >= 0.3 is 0 Å². The molecule has 0 amide bonds. The maximum atomic E-state index is 6.21. The Kier molecular flexibility index (Phi) is 7.79. The standard InChI is InChI=1S/C30H36N4/c1-23-21-27(31)25-15-9-11-17-29(25)33(23)19-13-7-5-3-4-6-8-14-20-34-24(2)22-28(32)26-16-10-12-18-30(26)34/h3-4,9-12,15-18,21-22,31-32H,5-8,13-14,19-20H2,1-2H3/p+2/b4-3+. The van der Waals surface area contributed by atoms with Crippen molar-refractivity contribution in [2.45, 2.75) is 65.5 Å². The number of hydrogen-bond donors (Lipinski definition) is 2. The van der Waals surface area contributed by atoms with E-state index in [-0.39, 0.29) is 0 Å². The summed E-state index contributed by atoms with van der Waals surface area (Å²) in [6, 6.07) is 21.0. The molecule has 0 unspecified atom stereocenters. The van der Waals surface area contributed by atoms with E-state index in [2.05, 4.69) is 95.8 Å². The average molecular weight is 455 g/mol. The van der Waals surface area contributed by atoms with Crippen LogP contribution in [0.2, 0.25) is 0 Å². The lowest BCUT2D eigenvalue weighted by Crippen LogP contribution is -2.38. The molecule has 4 aromatic rings. The van der Waals surface area contributed by atoms with Crippen molar-refractivity contribution in [2.24, 2.45) is 0 Å². The second-order valence-corrected chi connectivity index (χ2v) is 9.28. The monoisotopic (exact) mass is 454 g/mol. The van der Waals surface area contributed by atoms with Crippen molar-refractivity contribution in [1.29, 1.82) is 0 Å². The Hall–Kier alpha value is -3.40. The topological polar surface area (TPSA) is 59.8 Å². The number of fused-ring (bicyclic) bond motifs is 2. The number of nitrogen functional groups attached to an aromatic ring is 2. The summed E-state index contributed by atoms with van der Waals surface area (Å²) in [6.07, 6.45) is 11.7. The van der Waals surface area contributed by atoms with Crippen LogP contribution in [0.25, 0.3) is 21.8 Å². The molecule has 0 saturated carbocycles. The zero-order valence-electron chi connectivity index (χ0n) is 20.6. The van der Waals surface area contributed by atoms with Crippen molar-refractivity contribution in [3.05, 3.63) is 84.2 Å². The SMILES string of the molecule is Cc1cc(N)c2ccccc2[n+]1CCCC/C=C/CCCC[n+]1c(C)cc(N)c2ccccc21. The van der Waals surface area contributed by atoms with Crippen LogP contribution in [0.5, 0.6) is 0 Å². The minimum atomic E-state index is 0.866. The van der Waals surface area contributed by atoms with E-state index >= 15 is 0 Å². The number of benzene rings is 2. The number of nitrogens with zero attached hydrogens (tertiary/aromatic N) is 2. The zero-order chi connectivity index (χ0) is 23.9. The normalized spacial score (nSPS) is 11.7. The molecule has 2 heterocycles. The average Bonchev–Trinajstić information content (AvgIpc) is 2.83. The Morgan fingerprint density at radius 1 is 0.618 bits per heavy atom. The van der Waals surface area contributed by atoms with Gasteiger partial charge in [-0.15, -0.1) is 0 Å². The molecule has 2 aromatic heterocycles. The summed E-state index contributed by atoms with van der Waals surface area (Å²) >= 11 is 0. The molecule has 4 heteroatoms. The Morgan fingerprint density at radius 3 is 1.47 bits per heavy atom. The minimum Gasteiger partial charge on any atom is -0.398 e. The van der Waals surface area contributed by atoms with Gasteiger partial charge in [0.1, 0.15) is 13.1 Å². The summed E-state index contributed by atoms with van der Waals surface area (Å²) in [4.78, 5) is 0. The van der Waals surface area contributed by atoms with E-state index in [0.29, 0.717) is 0 Å². The van der Waals surface area contributed by atoms with Gasteiger partial charge in [0.15, 0.2) is 11.4 Å². The number of para-hydroxylation sites is 2. The van der Waals surface area contributed by atoms with Gasteiger partial charge in [0.2, 0.25) is 11.0 Å². The molecule has 34 heavy (non-hydrogen) atoms. The second kappa shape index (κ2) is 11.1. The van der Waals surface area contributed by atoms with Crippen LogP contribution in [0.3, 0.4) is 0 Å². The lowest BCUT2D eigenvalue weighted by molar-refractivity contribution is -0.678. The highest BCUT2D eigenvalue weighted by Gasteiger charge is 2.15. The number of aryl methyl sites for hydroxylation is 4. The summed E-state index contributed by atoms with van der Waals surface area (Å²) < 4.78 is 4.80. The number of allylic oxidation sites excluding steroid dienone is 2. The van der Waals surface area contributed by atoms with Crippen LogP contribution in [0, 0.1) is 13.8 Å². The van der Waals surface area contributed by atoms with Crippen LogP contribution < -0.4 is 20.6 Å². The molecule has 0 radical (unpaired) electrons.